The molecular formula is C30H41N15O. The quantitative estimate of drug-likeness (QED) is 0.156. The van der Waals surface area contributed by atoms with Crippen LogP contribution in [0.4, 0.5) is 0 Å². The van der Waals surface area contributed by atoms with Gasteiger partial charge in [-0.05, 0) is 40.5 Å². The third-order valence-electron chi connectivity index (χ3n) is 5.49. The Morgan fingerprint density at radius 2 is 0.848 bits per heavy atom. The van der Waals surface area contributed by atoms with E-state index in [1.165, 1.54) is 5.56 Å². The minimum atomic E-state index is 0.0788. The van der Waals surface area contributed by atoms with Crippen LogP contribution in [0.3, 0.4) is 0 Å². The van der Waals surface area contributed by atoms with E-state index in [0.29, 0.717) is 5.75 Å². The summed E-state index contributed by atoms with van der Waals surface area (Å²) in [4.78, 5) is 0. The highest BCUT2D eigenvalue weighted by Crippen LogP contribution is 2.39. The molecule has 16 heteroatoms. The Bertz CT molecular complexity index is 1320. The van der Waals surface area contributed by atoms with Crippen molar-refractivity contribution in [3.8, 4) is 16.9 Å². The third-order valence-corrected chi connectivity index (χ3v) is 5.49. The van der Waals surface area contributed by atoms with Crippen LogP contribution < -0.4 is 0 Å². The lowest BCUT2D eigenvalue weighted by Crippen LogP contribution is -2.24. The maximum absolute atomic E-state index is 10.2. The summed E-state index contributed by atoms with van der Waals surface area (Å²) in [6.07, 6.45) is 16.9. The first kappa shape index (κ1) is 36.1. The lowest BCUT2D eigenvalue weighted by Gasteiger charge is -2.33. The zero-order valence-corrected chi connectivity index (χ0v) is 26.5. The molecular weight excluding hydrogens is 586 g/mol. The number of nitrogens with zero attached hydrogens (tertiary/aromatic N) is 10. The average Bonchev–Trinajstić information content (AvgIpc) is 3.90. The van der Waals surface area contributed by atoms with E-state index in [4.69, 9.17) is 0 Å². The molecule has 0 saturated carbocycles. The van der Waals surface area contributed by atoms with Crippen LogP contribution in [0.1, 0.15) is 46.6 Å². The molecule has 7 rings (SSSR count). The predicted octanol–water partition coefficient (Wildman–Crippen LogP) is 4.80. The van der Waals surface area contributed by atoms with Crippen molar-refractivity contribution in [2.45, 2.75) is 46.5 Å². The van der Waals surface area contributed by atoms with E-state index in [-0.39, 0.29) is 10.8 Å². The summed E-state index contributed by atoms with van der Waals surface area (Å²) in [5.41, 5.74) is 3.59. The fourth-order valence-electron chi connectivity index (χ4n) is 4.07. The monoisotopic (exact) mass is 627 g/mol. The number of aromatic nitrogens is 15. The van der Waals surface area contributed by atoms with Crippen LogP contribution in [-0.4, -0.2) is 82.2 Å². The van der Waals surface area contributed by atoms with E-state index < -0.39 is 0 Å². The van der Waals surface area contributed by atoms with Crippen LogP contribution >= 0.6 is 0 Å². The molecule has 242 valence electrons. The molecule has 0 radical (unpaired) electrons. The molecule has 16 nitrogen and oxygen atoms in total. The van der Waals surface area contributed by atoms with Crippen LogP contribution in [0.2, 0.25) is 0 Å². The van der Waals surface area contributed by atoms with Gasteiger partial charge in [0.25, 0.3) is 0 Å². The second-order valence-electron chi connectivity index (χ2n) is 11.0. The predicted molar refractivity (Wildman–Crippen MR) is 173 cm³/mol. The van der Waals surface area contributed by atoms with Gasteiger partial charge in [0.15, 0.2) is 0 Å². The zero-order chi connectivity index (χ0) is 33.4. The molecule has 0 aliphatic heterocycles. The topological polar surface area (TPSA) is 228 Å². The summed E-state index contributed by atoms with van der Waals surface area (Å²) >= 11 is 0. The Balaban J connectivity index is 0.000000233. The van der Waals surface area contributed by atoms with Gasteiger partial charge in [-0.15, -0.1) is 0 Å². The Morgan fingerprint density at radius 3 is 1.13 bits per heavy atom. The highest BCUT2D eigenvalue weighted by molar-refractivity contribution is 5.71. The van der Waals surface area contributed by atoms with E-state index in [1.54, 1.807) is 62.0 Å². The average molecular weight is 628 g/mol. The van der Waals surface area contributed by atoms with Crippen molar-refractivity contribution in [1.82, 2.24) is 77.1 Å². The van der Waals surface area contributed by atoms with Gasteiger partial charge in [0.2, 0.25) is 0 Å². The molecule has 0 bridgehead atoms. The zero-order valence-electron chi connectivity index (χ0n) is 26.5. The molecule has 0 atom stereocenters. The molecule has 0 aliphatic carbocycles. The van der Waals surface area contributed by atoms with E-state index >= 15 is 0 Å². The second-order valence-corrected chi connectivity index (χ2v) is 11.0. The number of benzene rings is 2. The van der Waals surface area contributed by atoms with Crippen molar-refractivity contribution in [1.29, 1.82) is 0 Å². The Morgan fingerprint density at radius 1 is 0.500 bits per heavy atom. The first-order chi connectivity index (χ1) is 22.2. The fourth-order valence-corrected chi connectivity index (χ4v) is 4.07. The smallest absolute Gasteiger partial charge is 0.123 e. The normalized spacial score (nSPS) is 10.0. The van der Waals surface area contributed by atoms with Crippen LogP contribution in [0, 0.1) is 5.41 Å². The summed E-state index contributed by atoms with van der Waals surface area (Å²) in [6, 6.07) is 16.1. The lowest BCUT2D eigenvalue weighted by molar-refractivity contribution is 0.284. The molecule has 0 aliphatic rings. The number of phenolic OH excluding ortho intramolecular Hbond substituents is 1. The van der Waals surface area contributed by atoms with Crippen molar-refractivity contribution in [3.05, 3.63) is 116 Å². The van der Waals surface area contributed by atoms with E-state index in [0.717, 1.165) is 17.5 Å². The van der Waals surface area contributed by atoms with Crippen molar-refractivity contribution < 1.29 is 5.11 Å². The first-order valence-electron chi connectivity index (χ1n) is 14.1. The van der Waals surface area contributed by atoms with Crippen molar-refractivity contribution in [2.75, 3.05) is 0 Å². The summed E-state index contributed by atoms with van der Waals surface area (Å²) in [6.45, 7) is 11.4. The maximum atomic E-state index is 10.2. The second kappa shape index (κ2) is 20.8. The highest BCUT2D eigenvalue weighted by atomic mass is 16.3. The number of H-pyrrole nitrogens is 5. The number of rotatable bonds is 3. The lowest BCUT2D eigenvalue weighted by atomic mass is 9.72. The number of hydrogen-bond donors (Lipinski definition) is 6. The van der Waals surface area contributed by atoms with E-state index in [2.05, 4.69) is 118 Å². The van der Waals surface area contributed by atoms with Crippen LogP contribution in [0.15, 0.2) is 110 Å². The Kier molecular flexibility index (Phi) is 16.3. The van der Waals surface area contributed by atoms with Crippen LogP contribution in [0.25, 0.3) is 11.1 Å². The SMILES string of the molecule is CC(C)(C)CC(C)(C)c1ccc(O)c(-c2ccccc2)c1.c1cn[nH]n1.c1cn[nH]n1.c1cn[nH]n1.c1cn[nH]n1.c1cn[nH]n1. The summed E-state index contributed by atoms with van der Waals surface area (Å²) in [5.74, 6) is 0.344. The number of nitrogens with one attached hydrogen (secondary N) is 5. The molecule has 6 N–H and O–H groups in total. The van der Waals surface area contributed by atoms with E-state index in [9.17, 15) is 5.11 Å². The molecule has 46 heavy (non-hydrogen) atoms. The van der Waals surface area contributed by atoms with Gasteiger partial charge in [0, 0.05) is 5.56 Å². The van der Waals surface area contributed by atoms with Gasteiger partial charge >= 0.3 is 0 Å². The molecule has 0 unspecified atom stereocenters. The van der Waals surface area contributed by atoms with Gasteiger partial charge in [-0.3, -0.25) is 0 Å². The number of hydrogen-bond acceptors (Lipinski definition) is 11. The van der Waals surface area contributed by atoms with Crippen molar-refractivity contribution in [3.63, 3.8) is 0 Å². The third kappa shape index (κ3) is 16.5. The molecule has 5 heterocycles. The Labute approximate surface area is 266 Å². The van der Waals surface area contributed by atoms with Gasteiger partial charge in [-0.1, -0.05) is 71.0 Å². The molecule has 0 fully saturated rings. The van der Waals surface area contributed by atoms with Gasteiger partial charge in [0.1, 0.15) is 5.75 Å². The van der Waals surface area contributed by atoms with Crippen LogP contribution in [0.5, 0.6) is 5.75 Å². The summed E-state index contributed by atoms with van der Waals surface area (Å²) in [7, 11) is 0. The fraction of sp³-hybridized carbons (Fsp3) is 0.267. The number of aromatic amines is 5. The summed E-state index contributed by atoms with van der Waals surface area (Å²) < 4.78 is 0. The van der Waals surface area contributed by atoms with Gasteiger partial charge in [0.05, 0.1) is 62.0 Å². The minimum absolute atomic E-state index is 0.0788. The van der Waals surface area contributed by atoms with Crippen molar-refractivity contribution in [2.24, 2.45) is 5.41 Å². The number of aromatic hydroxyl groups is 1. The van der Waals surface area contributed by atoms with Gasteiger partial charge < -0.3 is 5.11 Å². The van der Waals surface area contributed by atoms with Gasteiger partial charge in [-0.2, -0.15) is 77.1 Å². The standard InChI is InChI=1S/C20H26O.5C2H3N3/c1-19(2,3)14-20(4,5)16-11-12-18(21)17(13-16)15-9-7-6-8-10-15;5*1-2-4-5-3-1/h6-13,21H,14H2,1-5H3;5*1-2H,(H,3,4,5). The largest absolute Gasteiger partial charge is 0.507 e. The summed E-state index contributed by atoms with van der Waals surface area (Å²) in [5, 5.41) is 56.9. The van der Waals surface area contributed by atoms with Crippen LogP contribution in [-0.2, 0) is 5.41 Å². The molecule has 7 aromatic rings. The highest BCUT2D eigenvalue weighted by Gasteiger charge is 2.27. The maximum Gasteiger partial charge on any atom is 0.123 e. The Hall–Kier alpha value is -6.06. The molecule has 0 saturated heterocycles. The molecule has 0 spiro atoms. The van der Waals surface area contributed by atoms with E-state index in [1.807, 2.05) is 42.5 Å². The number of phenols is 1. The van der Waals surface area contributed by atoms with Gasteiger partial charge in [-0.25, -0.2) is 0 Å². The minimum Gasteiger partial charge on any atom is -0.507 e. The van der Waals surface area contributed by atoms with Crippen molar-refractivity contribution >= 4 is 0 Å². The molecule has 0 amide bonds. The molecule has 5 aromatic heterocycles. The first-order valence-corrected chi connectivity index (χ1v) is 14.1. The molecule has 2 aromatic carbocycles.